The highest BCUT2D eigenvalue weighted by Crippen LogP contribution is 2.17. The van der Waals surface area contributed by atoms with Crippen molar-refractivity contribution in [1.82, 2.24) is 14.3 Å². The minimum absolute atomic E-state index is 0.138. The lowest BCUT2D eigenvalue weighted by molar-refractivity contribution is -0.0691. The zero-order chi connectivity index (χ0) is 12.5. The normalized spacial score (nSPS) is 25.9. The third kappa shape index (κ3) is 2.54. The second kappa shape index (κ2) is 5.17. The van der Waals surface area contributed by atoms with Crippen LogP contribution >= 0.6 is 22.9 Å². The minimum Gasteiger partial charge on any atom is -0.371 e. The lowest BCUT2D eigenvalue weighted by Gasteiger charge is -2.35. The number of morpholine rings is 1. The Labute approximate surface area is 115 Å². The van der Waals surface area contributed by atoms with Gasteiger partial charge in [0.1, 0.15) is 0 Å². The van der Waals surface area contributed by atoms with Crippen molar-refractivity contribution in [3.8, 4) is 0 Å². The summed E-state index contributed by atoms with van der Waals surface area (Å²) in [7, 11) is 0. The number of ether oxygens (including phenoxy) is 1. The van der Waals surface area contributed by atoms with Gasteiger partial charge in [0.25, 0.3) is 0 Å². The van der Waals surface area contributed by atoms with Crippen molar-refractivity contribution in [2.45, 2.75) is 25.7 Å². The summed E-state index contributed by atoms with van der Waals surface area (Å²) in [6, 6.07) is 0. The van der Waals surface area contributed by atoms with Gasteiger partial charge in [0.05, 0.1) is 17.9 Å². The summed E-state index contributed by atoms with van der Waals surface area (Å²) < 4.78 is 7.82. The number of aromatic nitrogens is 2. The summed E-state index contributed by atoms with van der Waals surface area (Å²) in [6.45, 7) is 4.80. The molecule has 4 nitrogen and oxygen atoms in total. The Kier molecular flexibility index (Phi) is 3.56. The molecule has 0 bridgehead atoms. The molecule has 2 unspecified atom stereocenters. The Morgan fingerprint density at radius 1 is 1.56 bits per heavy atom. The molecule has 0 aromatic carbocycles. The Morgan fingerprint density at radius 3 is 3.22 bits per heavy atom. The van der Waals surface area contributed by atoms with Gasteiger partial charge in [-0.3, -0.25) is 9.30 Å². The van der Waals surface area contributed by atoms with Crippen molar-refractivity contribution in [2.75, 3.05) is 19.0 Å². The number of hydrogen-bond donors (Lipinski definition) is 0. The van der Waals surface area contributed by atoms with E-state index < -0.39 is 0 Å². The Balaban J connectivity index is 1.69. The van der Waals surface area contributed by atoms with Crippen molar-refractivity contribution in [3.05, 3.63) is 23.5 Å². The molecule has 0 N–H and O–H groups in total. The predicted molar refractivity (Wildman–Crippen MR) is 73.4 cm³/mol. The van der Waals surface area contributed by atoms with Crippen LogP contribution in [0.3, 0.4) is 0 Å². The molecule has 0 aliphatic carbocycles. The number of imidazole rings is 1. The molecule has 1 fully saturated rings. The molecular formula is C12H16ClN3OS. The zero-order valence-corrected chi connectivity index (χ0v) is 11.8. The van der Waals surface area contributed by atoms with Crippen LogP contribution in [0.4, 0.5) is 0 Å². The monoisotopic (exact) mass is 285 g/mol. The minimum atomic E-state index is 0.138. The van der Waals surface area contributed by atoms with E-state index in [1.807, 2.05) is 11.6 Å². The quantitative estimate of drug-likeness (QED) is 0.810. The van der Waals surface area contributed by atoms with E-state index in [1.165, 1.54) is 0 Å². The largest absolute Gasteiger partial charge is 0.371 e. The van der Waals surface area contributed by atoms with Crippen LogP contribution in [0.5, 0.6) is 0 Å². The second-order valence-electron chi connectivity index (χ2n) is 4.74. The summed E-state index contributed by atoms with van der Waals surface area (Å²) in [4.78, 5) is 8.03. The van der Waals surface area contributed by atoms with Gasteiger partial charge >= 0.3 is 0 Å². The van der Waals surface area contributed by atoms with Gasteiger partial charge in [-0.15, -0.1) is 22.9 Å². The first kappa shape index (κ1) is 12.4. The van der Waals surface area contributed by atoms with E-state index in [4.69, 9.17) is 16.3 Å². The van der Waals surface area contributed by atoms with Crippen LogP contribution in [-0.4, -0.2) is 45.5 Å². The molecule has 0 radical (unpaired) electrons. The highest BCUT2D eigenvalue weighted by Gasteiger charge is 2.25. The maximum Gasteiger partial charge on any atom is 0.193 e. The van der Waals surface area contributed by atoms with Gasteiger partial charge in [-0.25, -0.2) is 4.98 Å². The SMILES string of the molecule is CC1CN(Cc2cn3ccsc3n2)CC(CCl)O1. The van der Waals surface area contributed by atoms with Gasteiger partial charge in [-0.2, -0.15) is 0 Å². The standard InChI is InChI=1S/C12H16ClN3OS/c1-9-5-15(8-11(4-13)17-9)6-10-7-16-2-3-18-12(16)14-10/h2-3,7,9,11H,4-6,8H2,1H3. The molecule has 0 saturated carbocycles. The van der Waals surface area contributed by atoms with E-state index in [2.05, 4.69) is 27.4 Å². The second-order valence-corrected chi connectivity index (χ2v) is 5.92. The van der Waals surface area contributed by atoms with Gasteiger partial charge in [-0.05, 0) is 6.92 Å². The first-order chi connectivity index (χ1) is 8.74. The van der Waals surface area contributed by atoms with Crippen LogP contribution in [0.15, 0.2) is 17.8 Å². The maximum absolute atomic E-state index is 5.89. The molecule has 18 heavy (non-hydrogen) atoms. The van der Waals surface area contributed by atoms with E-state index in [1.54, 1.807) is 11.3 Å². The van der Waals surface area contributed by atoms with Crippen molar-refractivity contribution < 1.29 is 4.74 Å². The van der Waals surface area contributed by atoms with Crippen LogP contribution in [0.25, 0.3) is 4.96 Å². The molecule has 2 atom stereocenters. The predicted octanol–water partition coefficient (Wildman–Crippen LogP) is 2.22. The van der Waals surface area contributed by atoms with Gasteiger partial charge in [-0.1, -0.05) is 0 Å². The Morgan fingerprint density at radius 2 is 2.44 bits per heavy atom. The molecule has 2 aromatic heterocycles. The van der Waals surface area contributed by atoms with E-state index in [9.17, 15) is 0 Å². The molecule has 1 aliphatic heterocycles. The first-order valence-corrected chi connectivity index (χ1v) is 7.51. The third-order valence-electron chi connectivity index (χ3n) is 3.10. The number of nitrogens with zero attached hydrogens (tertiary/aromatic N) is 3. The summed E-state index contributed by atoms with van der Waals surface area (Å²) in [5.41, 5.74) is 1.12. The molecule has 2 aromatic rings. The lowest BCUT2D eigenvalue weighted by Crippen LogP contribution is -2.46. The molecule has 6 heteroatoms. The van der Waals surface area contributed by atoms with Crippen molar-refractivity contribution in [2.24, 2.45) is 0 Å². The van der Waals surface area contributed by atoms with Crippen molar-refractivity contribution >= 4 is 27.9 Å². The fraction of sp³-hybridized carbons (Fsp3) is 0.583. The van der Waals surface area contributed by atoms with Gasteiger partial charge in [0.15, 0.2) is 4.96 Å². The maximum atomic E-state index is 5.89. The van der Waals surface area contributed by atoms with Crippen LogP contribution in [0.1, 0.15) is 12.6 Å². The average Bonchev–Trinajstić information content (AvgIpc) is 2.88. The number of hydrogen-bond acceptors (Lipinski definition) is 4. The van der Waals surface area contributed by atoms with Crippen LogP contribution in [0, 0.1) is 0 Å². The molecule has 1 saturated heterocycles. The van der Waals surface area contributed by atoms with E-state index in [-0.39, 0.29) is 12.2 Å². The van der Waals surface area contributed by atoms with E-state index >= 15 is 0 Å². The van der Waals surface area contributed by atoms with Gasteiger partial charge in [0.2, 0.25) is 0 Å². The van der Waals surface area contributed by atoms with Crippen LogP contribution in [0.2, 0.25) is 0 Å². The highest BCUT2D eigenvalue weighted by atomic mass is 35.5. The molecule has 98 valence electrons. The highest BCUT2D eigenvalue weighted by molar-refractivity contribution is 7.15. The average molecular weight is 286 g/mol. The molecule has 1 aliphatic rings. The fourth-order valence-corrected chi connectivity index (χ4v) is 3.33. The number of thiazole rings is 1. The van der Waals surface area contributed by atoms with Crippen LogP contribution < -0.4 is 0 Å². The third-order valence-corrected chi connectivity index (χ3v) is 4.22. The van der Waals surface area contributed by atoms with E-state index in [0.29, 0.717) is 5.88 Å². The number of alkyl halides is 1. The summed E-state index contributed by atoms with van der Waals surface area (Å²) in [5, 5.41) is 2.05. The van der Waals surface area contributed by atoms with E-state index in [0.717, 1.165) is 30.3 Å². The molecule has 0 amide bonds. The summed E-state index contributed by atoms with van der Waals surface area (Å²) >= 11 is 7.55. The van der Waals surface area contributed by atoms with Crippen molar-refractivity contribution in [3.63, 3.8) is 0 Å². The molecule has 3 heterocycles. The first-order valence-electron chi connectivity index (χ1n) is 6.09. The molecular weight excluding hydrogens is 270 g/mol. The number of fused-ring (bicyclic) bond motifs is 1. The molecule has 3 rings (SSSR count). The zero-order valence-electron chi connectivity index (χ0n) is 10.3. The Hall–Kier alpha value is -0.620. The van der Waals surface area contributed by atoms with Gasteiger partial charge in [0, 0.05) is 43.3 Å². The van der Waals surface area contributed by atoms with Crippen LogP contribution in [-0.2, 0) is 11.3 Å². The van der Waals surface area contributed by atoms with Crippen molar-refractivity contribution in [1.29, 1.82) is 0 Å². The number of halogens is 1. The lowest BCUT2D eigenvalue weighted by atomic mass is 10.2. The van der Waals surface area contributed by atoms with Gasteiger partial charge < -0.3 is 4.74 Å². The summed E-state index contributed by atoms with van der Waals surface area (Å²) in [6.07, 6.45) is 4.52. The number of rotatable bonds is 3. The summed E-state index contributed by atoms with van der Waals surface area (Å²) in [5.74, 6) is 0.555. The smallest absolute Gasteiger partial charge is 0.193 e. The topological polar surface area (TPSA) is 29.8 Å². The Bertz CT molecular complexity index is 498. The fourth-order valence-electron chi connectivity index (χ4n) is 2.44. The molecule has 0 spiro atoms.